The third kappa shape index (κ3) is 3.18. The summed E-state index contributed by atoms with van der Waals surface area (Å²) in [5, 5.41) is 9.96. The minimum Gasteiger partial charge on any atom is -0.507 e. The lowest BCUT2D eigenvalue weighted by molar-refractivity contribution is 0.101. The molecule has 0 aliphatic rings. The Morgan fingerprint density at radius 2 is 1.85 bits per heavy atom. The monoisotopic (exact) mass is 270 g/mol. The minimum atomic E-state index is -0.151. The number of carbonyl (C=O) groups is 1. The fourth-order valence-electron chi connectivity index (χ4n) is 2.05. The van der Waals surface area contributed by atoms with Crippen LogP contribution < -0.4 is 4.74 Å². The highest BCUT2D eigenvalue weighted by Crippen LogP contribution is 2.30. The van der Waals surface area contributed by atoms with Crippen molar-refractivity contribution in [3.05, 3.63) is 59.2 Å². The Labute approximate surface area is 118 Å². The lowest BCUT2D eigenvalue weighted by Gasteiger charge is -2.12. The van der Waals surface area contributed by atoms with E-state index in [0.717, 1.165) is 6.42 Å². The van der Waals surface area contributed by atoms with Crippen molar-refractivity contribution in [2.45, 2.75) is 20.3 Å². The van der Waals surface area contributed by atoms with E-state index in [1.807, 2.05) is 30.3 Å². The van der Waals surface area contributed by atoms with Gasteiger partial charge in [0.2, 0.25) is 0 Å². The van der Waals surface area contributed by atoms with Crippen LogP contribution in [-0.2, 0) is 6.42 Å². The highest BCUT2D eigenvalue weighted by molar-refractivity contribution is 5.97. The molecular formula is C17H18O3. The Morgan fingerprint density at radius 1 is 1.15 bits per heavy atom. The van der Waals surface area contributed by atoms with Crippen LogP contribution >= 0.6 is 0 Å². The standard InChI is InChI=1S/C17H18O3/c1-12-16(9-8-15(13(2)18)17(12)19)20-11-10-14-6-4-3-5-7-14/h3-9,19H,10-11H2,1-2H3. The van der Waals surface area contributed by atoms with Gasteiger partial charge in [0.25, 0.3) is 0 Å². The molecule has 2 aromatic carbocycles. The third-order valence-corrected chi connectivity index (χ3v) is 3.25. The molecule has 104 valence electrons. The Kier molecular flexibility index (Phi) is 4.41. The highest BCUT2D eigenvalue weighted by atomic mass is 16.5. The number of aromatic hydroxyl groups is 1. The molecule has 0 spiro atoms. The smallest absolute Gasteiger partial charge is 0.163 e. The fraction of sp³-hybridized carbons (Fsp3) is 0.235. The lowest BCUT2D eigenvalue weighted by Crippen LogP contribution is -2.03. The number of hydrogen-bond donors (Lipinski definition) is 1. The molecule has 0 aliphatic heterocycles. The minimum absolute atomic E-state index is 0.00899. The zero-order valence-corrected chi connectivity index (χ0v) is 11.7. The molecular weight excluding hydrogens is 252 g/mol. The predicted octanol–water partition coefficient (Wildman–Crippen LogP) is 3.52. The zero-order valence-electron chi connectivity index (χ0n) is 11.7. The van der Waals surface area contributed by atoms with E-state index < -0.39 is 0 Å². The second-order valence-corrected chi connectivity index (χ2v) is 4.73. The van der Waals surface area contributed by atoms with Gasteiger partial charge >= 0.3 is 0 Å². The van der Waals surface area contributed by atoms with Crippen LogP contribution in [-0.4, -0.2) is 17.5 Å². The van der Waals surface area contributed by atoms with Crippen LogP contribution in [0.2, 0.25) is 0 Å². The van der Waals surface area contributed by atoms with Gasteiger partial charge in [0.1, 0.15) is 11.5 Å². The molecule has 0 bridgehead atoms. The van der Waals surface area contributed by atoms with Gasteiger partial charge in [0.15, 0.2) is 5.78 Å². The summed E-state index contributed by atoms with van der Waals surface area (Å²) in [6, 6.07) is 13.4. The molecule has 20 heavy (non-hydrogen) atoms. The topological polar surface area (TPSA) is 46.5 Å². The van der Waals surface area contributed by atoms with Crippen molar-refractivity contribution < 1.29 is 14.6 Å². The van der Waals surface area contributed by atoms with Crippen LogP contribution in [0.5, 0.6) is 11.5 Å². The van der Waals surface area contributed by atoms with Crippen molar-refractivity contribution in [2.24, 2.45) is 0 Å². The largest absolute Gasteiger partial charge is 0.507 e. The average Bonchev–Trinajstić information content (AvgIpc) is 2.44. The van der Waals surface area contributed by atoms with Gasteiger partial charge in [0.05, 0.1) is 12.2 Å². The molecule has 0 aromatic heterocycles. The Bertz CT molecular complexity index is 603. The molecule has 0 amide bonds. The van der Waals surface area contributed by atoms with Crippen LogP contribution in [0.1, 0.15) is 28.4 Å². The van der Waals surface area contributed by atoms with Gasteiger partial charge in [-0.1, -0.05) is 30.3 Å². The first-order chi connectivity index (χ1) is 9.59. The van der Waals surface area contributed by atoms with Gasteiger partial charge in [0, 0.05) is 12.0 Å². The SMILES string of the molecule is CC(=O)c1ccc(OCCc2ccccc2)c(C)c1O. The summed E-state index contributed by atoms with van der Waals surface area (Å²) in [5.74, 6) is 0.472. The van der Waals surface area contributed by atoms with Crippen molar-refractivity contribution in [3.63, 3.8) is 0 Å². The van der Waals surface area contributed by atoms with Crippen molar-refractivity contribution in [1.29, 1.82) is 0 Å². The maximum absolute atomic E-state index is 11.3. The summed E-state index contributed by atoms with van der Waals surface area (Å²) in [6.45, 7) is 3.72. The molecule has 2 aromatic rings. The van der Waals surface area contributed by atoms with Gasteiger partial charge in [-0.05, 0) is 31.5 Å². The number of Topliss-reactive ketones (excluding diaryl/α,β-unsaturated/α-hetero) is 1. The second kappa shape index (κ2) is 6.24. The van der Waals surface area contributed by atoms with Gasteiger partial charge in [-0.15, -0.1) is 0 Å². The van der Waals surface area contributed by atoms with E-state index >= 15 is 0 Å². The van der Waals surface area contributed by atoms with Gasteiger partial charge in [-0.2, -0.15) is 0 Å². The normalized spacial score (nSPS) is 10.3. The maximum atomic E-state index is 11.3. The first-order valence-corrected chi connectivity index (χ1v) is 6.60. The predicted molar refractivity (Wildman–Crippen MR) is 78.5 cm³/mol. The number of ketones is 1. The number of ether oxygens (including phenoxy) is 1. The number of phenolic OH excluding ortho intramolecular Hbond substituents is 1. The average molecular weight is 270 g/mol. The molecule has 0 radical (unpaired) electrons. The molecule has 0 saturated heterocycles. The summed E-state index contributed by atoms with van der Waals surface area (Å²) in [7, 11) is 0. The summed E-state index contributed by atoms with van der Waals surface area (Å²) >= 11 is 0. The van der Waals surface area contributed by atoms with Crippen molar-refractivity contribution in [1.82, 2.24) is 0 Å². The lowest BCUT2D eigenvalue weighted by atomic mass is 10.1. The highest BCUT2D eigenvalue weighted by Gasteiger charge is 2.12. The number of hydrogen-bond acceptors (Lipinski definition) is 3. The first kappa shape index (κ1) is 14.1. The number of phenols is 1. The van der Waals surface area contributed by atoms with Crippen LogP contribution in [0.4, 0.5) is 0 Å². The maximum Gasteiger partial charge on any atom is 0.163 e. The summed E-state index contributed by atoms with van der Waals surface area (Å²) < 4.78 is 5.68. The van der Waals surface area contributed by atoms with Gasteiger partial charge in [-0.25, -0.2) is 0 Å². The summed E-state index contributed by atoms with van der Waals surface area (Å²) in [4.78, 5) is 11.3. The van der Waals surface area contributed by atoms with Crippen molar-refractivity contribution in [3.8, 4) is 11.5 Å². The molecule has 1 N–H and O–H groups in total. The molecule has 0 heterocycles. The van der Waals surface area contributed by atoms with Crippen molar-refractivity contribution in [2.75, 3.05) is 6.61 Å². The third-order valence-electron chi connectivity index (χ3n) is 3.25. The van der Waals surface area contributed by atoms with E-state index in [9.17, 15) is 9.90 Å². The molecule has 3 heteroatoms. The van der Waals surface area contributed by atoms with E-state index in [0.29, 0.717) is 23.5 Å². The quantitative estimate of drug-likeness (QED) is 0.845. The zero-order chi connectivity index (χ0) is 14.5. The molecule has 0 saturated carbocycles. The van der Waals surface area contributed by atoms with Crippen LogP contribution in [0.15, 0.2) is 42.5 Å². The summed E-state index contributed by atoms with van der Waals surface area (Å²) in [6.07, 6.45) is 0.801. The van der Waals surface area contributed by atoms with E-state index in [4.69, 9.17) is 4.74 Å². The first-order valence-electron chi connectivity index (χ1n) is 6.60. The van der Waals surface area contributed by atoms with Gasteiger partial charge < -0.3 is 9.84 Å². The molecule has 3 nitrogen and oxygen atoms in total. The van der Waals surface area contributed by atoms with Crippen LogP contribution in [0.25, 0.3) is 0 Å². The van der Waals surface area contributed by atoms with E-state index in [1.165, 1.54) is 12.5 Å². The van der Waals surface area contributed by atoms with Gasteiger partial charge in [-0.3, -0.25) is 4.79 Å². The molecule has 0 aliphatic carbocycles. The fourth-order valence-corrected chi connectivity index (χ4v) is 2.05. The molecule has 0 fully saturated rings. The molecule has 2 rings (SSSR count). The van der Waals surface area contributed by atoms with Crippen LogP contribution in [0.3, 0.4) is 0 Å². The number of benzene rings is 2. The van der Waals surface area contributed by atoms with E-state index in [1.54, 1.807) is 19.1 Å². The number of carbonyl (C=O) groups excluding carboxylic acids is 1. The number of rotatable bonds is 5. The van der Waals surface area contributed by atoms with E-state index in [-0.39, 0.29) is 11.5 Å². The Morgan fingerprint density at radius 3 is 2.50 bits per heavy atom. The molecule has 0 unspecified atom stereocenters. The van der Waals surface area contributed by atoms with E-state index in [2.05, 4.69) is 0 Å². The Hall–Kier alpha value is -2.29. The Balaban J connectivity index is 2.04. The van der Waals surface area contributed by atoms with Crippen molar-refractivity contribution >= 4 is 5.78 Å². The second-order valence-electron chi connectivity index (χ2n) is 4.73. The van der Waals surface area contributed by atoms with Crippen LogP contribution in [0, 0.1) is 6.92 Å². The molecule has 0 atom stereocenters. The summed E-state index contributed by atoms with van der Waals surface area (Å²) in [5.41, 5.74) is 2.14.